The first kappa shape index (κ1) is 30.3. The Kier molecular flexibility index (Phi) is 7.20. The van der Waals surface area contributed by atoms with Crippen LogP contribution in [0.2, 0.25) is 0 Å². The fraction of sp³-hybridized carbons (Fsp3) is 0.351. The highest BCUT2D eigenvalue weighted by molar-refractivity contribution is 7.89. The molecule has 1 aliphatic carbocycles. The molecule has 5 aromatic rings. The van der Waals surface area contributed by atoms with E-state index in [4.69, 9.17) is 4.98 Å². The van der Waals surface area contributed by atoms with Gasteiger partial charge in [-0.1, -0.05) is 30.3 Å². The topological polar surface area (TPSA) is 125 Å². The van der Waals surface area contributed by atoms with Crippen LogP contribution < -0.4 is 20.4 Å². The monoisotopic (exact) mass is 674 g/mol. The lowest BCUT2D eigenvalue weighted by molar-refractivity contribution is 0.102. The second kappa shape index (κ2) is 11.7. The van der Waals surface area contributed by atoms with Crippen LogP contribution in [0.25, 0.3) is 10.8 Å². The maximum absolute atomic E-state index is 13.9. The quantitative estimate of drug-likeness (QED) is 0.245. The Morgan fingerprint density at radius 3 is 2.43 bits per heavy atom. The van der Waals surface area contributed by atoms with Gasteiger partial charge in [-0.05, 0) is 86.4 Å². The van der Waals surface area contributed by atoms with Crippen molar-refractivity contribution in [3.05, 3.63) is 101 Å². The zero-order valence-corrected chi connectivity index (χ0v) is 28.2. The number of piperazine rings is 1. The molecule has 0 radical (unpaired) electrons. The number of nitrogens with one attached hydrogen (secondary N) is 2. The smallest absolute Gasteiger partial charge is 0.284 e. The number of pyridine rings is 1. The molecule has 0 spiro atoms. The number of benzene rings is 3. The Morgan fingerprint density at radius 2 is 1.67 bits per heavy atom. The number of rotatable bonds is 7. The summed E-state index contributed by atoms with van der Waals surface area (Å²) in [6, 6.07) is 21.9. The molecule has 2 N–H and O–H groups in total. The van der Waals surface area contributed by atoms with E-state index >= 15 is 0 Å². The molecule has 3 fully saturated rings. The van der Waals surface area contributed by atoms with Gasteiger partial charge in [-0.2, -0.15) is 8.42 Å². The van der Waals surface area contributed by atoms with E-state index < -0.39 is 10.0 Å². The minimum Gasteiger partial charge on any atom is -0.368 e. The van der Waals surface area contributed by atoms with E-state index in [-0.39, 0.29) is 16.7 Å². The summed E-state index contributed by atoms with van der Waals surface area (Å²) in [5.41, 5.74) is 6.49. The molecule has 250 valence electrons. The standard InChI is InChI=1S/C37H38N8O3S/c1-23-4-2-5-24-6-3-7-33(35(23)24)43-17-16-30-32(21-43)41-31(18-34(30)44-19-27-10-11-28(20-44)39-27)37(46)40-26-12-14-29(15-13-26)49(47,48)45-22-38-36(42-45)25-8-9-25/h2-7,12-15,18,22,25,27-28,39H,8-11,16-17,19-21H2,1H3,(H,40,46). The van der Waals surface area contributed by atoms with E-state index in [1.54, 1.807) is 12.1 Å². The van der Waals surface area contributed by atoms with E-state index in [0.29, 0.717) is 35.8 Å². The first-order valence-electron chi connectivity index (χ1n) is 17.2. The molecule has 1 saturated carbocycles. The Hall–Kier alpha value is -4.81. The Bertz CT molecular complexity index is 2200. The molecule has 2 atom stereocenters. The van der Waals surface area contributed by atoms with Crippen LogP contribution >= 0.6 is 0 Å². The molecule has 11 nitrogen and oxygen atoms in total. The summed E-state index contributed by atoms with van der Waals surface area (Å²) in [4.78, 5) is 28.0. The fourth-order valence-corrected chi connectivity index (χ4v) is 8.86. The summed E-state index contributed by atoms with van der Waals surface area (Å²) >= 11 is 0. The molecule has 12 heteroatoms. The summed E-state index contributed by atoms with van der Waals surface area (Å²) in [5, 5.41) is 13.4. The van der Waals surface area contributed by atoms with Gasteiger partial charge in [0.05, 0.1) is 17.1 Å². The van der Waals surface area contributed by atoms with Crippen LogP contribution in [0.15, 0.2) is 78.0 Å². The molecule has 5 heterocycles. The summed E-state index contributed by atoms with van der Waals surface area (Å²) in [6.07, 6.45) is 6.39. The highest BCUT2D eigenvalue weighted by atomic mass is 32.2. The Morgan fingerprint density at radius 1 is 0.918 bits per heavy atom. The molecular weight excluding hydrogens is 637 g/mol. The average Bonchev–Trinajstić information content (AvgIpc) is 3.74. The van der Waals surface area contributed by atoms with Crippen molar-refractivity contribution >= 4 is 43.8 Å². The van der Waals surface area contributed by atoms with Crippen LogP contribution in [-0.4, -0.2) is 65.2 Å². The van der Waals surface area contributed by atoms with E-state index in [1.807, 2.05) is 6.07 Å². The number of nitrogens with zero attached hydrogens (tertiary/aromatic N) is 6. The van der Waals surface area contributed by atoms with Gasteiger partial charge in [0.25, 0.3) is 15.9 Å². The van der Waals surface area contributed by atoms with E-state index in [0.717, 1.165) is 54.4 Å². The minimum atomic E-state index is -3.90. The molecule has 2 bridgehead atoms. The van der Waals surface area contributed by atoms with Crippen molar-refractivity contribution < 1.29 is 13.2 Å². The SMILES string of the molecule is Cc1cccc2cccc(N3CCc4c(N5CC6CCC(C5)N6)cc(C(=O)Nc5ccc(S(=O)(=O)n6cnc(C7CC7)n6)cc5)nc4C3)c12. The molecular formula is C37H38N8O3S. The van der Waals surface area contributed by atoms with E-state index in [1.165, 1.54) is 58.9 Å². The number of fused-ring (bicyclic) bond motifs is 4. The van der Waals surface area contributed by atoms with Gasteiger partial charge in [-0.25, -0.2) is 9.97 Å². The van der Waals surface area contributed by atoms with Gasteiger partial charge < -0.3 is 20.4 Å². The van der Waals surface area contributed by atoms with Crippen molar-refractivity contribution in [2.45, 2.75) is 68.5 Å². The van der Waals surface area contributed by atoms with Crippen LogP contribution in [-0.2, 0) is 23.0 Å². The Labute approximate surface area is 285 Å². The molecule has 2 saturated heterocycles. The van der Waals surface area contributed by atoms with Crippen LogP contribution in [0.1, 0.15) is 64.7 Å². The van der Waals surface area contributed by atoms with E-state index in [2.05, 4.69) is 73.8 Å². The highest BCUT2D eigenvalue weighted by Gasteiger charge is 2.35. The lowest BCUT2D eigenvalue weighted by atomic mass is 9.97. The number of carbonyl (C=O) groups is 1. The molecule has 3 aromatic carbocycles. The van der Waals surface area contributed by atoms with Gasteiger partial charge in [0, 0.05) is 65.6 Å². The number of aryl methyl sites for hydroxylation is 1. The molecule has 2 aromatic heterocycles. The zero-order valence-electron chi connectivity index (χ0n) is 27.3. The lowest BCUT2D eigenvalue weighted by Gasteiger charge is -2.38. The molecule has 9 rings (SSSR count). The second-order valence-electron chi connectivity index (χ2n) is 13.8. The van der Waals surface area contributed by atoms with Crippen molar-refractivity contribution in [3.8, 4) is 0 Å². The molecule has 4 aliphatic rings. The first-order valence-corrected chi connectivity index (χ1v) is 18.6. The van der Waals surface area contributed by atoms with Crippen LogP contribution in [0.3, 0.4) is 0 Å². The third-order valence-corrected chi connectivity index (χ3v) is 12.0. The molecule has 3 aliphatic heterocycles. The van der Waals surface area contributed by atoms with Crippen molar-refractivity contribution in [2.24, 2.45) is 0 Å². The number of amides is 1. The van der Waals surface area contributed by atoms with Crippen molar-refractivity contribution in [2.75, 3.05) is 34.8 Å². The van der Waals surface area contributed by atoms with Crippen molar-refractivity contribution in [3.63, 3.8) is 0 Å². The first-order chi connectivity index (χ1) is 23.8. The average molecular weight is 675 g/mol. The van der Waals surface area contributed by atoms with Gasteiger partial charge in [0.1, 0.15) is 12.0 Å². The number of hydrogen-bond donors (Lipinski definition) is 2. The van der Waals surface area contributed by atoms with Crippen molar-refractivity contribution in [1.82, 2.24) is 24.5 Å². The molecule has 1 amide bonds. The Balaban J connectivity index is 1.01. The maximum atomic E-state index is 13.9. The molecule has 2 unspecified atom stereocenters. The molecule has 49 heavy (non-hydrogen) atoms. The van der Waals surface area contributed by atoms with Gasteiger partial charge in [-0.3, -0.25) is 4.79 Å². The number of anilines is 3. The third-order valence-electron chi connectivity index (χ3n) is 10.5. The maximum Gasteiger partial charge on any atom is 0.284 e. The number of hydrogen-bond acceptors (Lipinski definition) is 9. The zero-order chi connectivity index (χ0) is 33.3. The minimum absolute atomic E-state index is 0.0732. The highest BCUT2D eigenvalue weighted by Crippen LogP contribution is 2.38. The number of aromatic nitrogens is 4. The van der Waals surface area contributed by atoms with Crippen LogP contribution in [0.4, 0.5) is 17.1 Å². The summed E-state index contributed by atoms with van der Waals surface area (Å²) in [5.74, 6) is 0.480. The van der Waals surface area contributed by atoms with Gasteiger partial charge in [-0.15, -0.1) is 9.19 Å². The predicted octanol–water partition coefficient (Wildman–Crippen LogP) is 5.00. The lowest BCUT2D eigenvalue weighted by Crippen LogP contribution is -2.51. The van der Waals surface area contributed by atoms with Crippen LogP contribution in [0.5, 0.6) is 0 Å². The van der Waals surface area contributed by atoms with Gasteiger partial charge in [0.2, 0.25) is 0 Å². The summed E-state index contributed by atoms with van der Waals surface area (Å²) in [6.45, 7) is 5.44. The largest absolute Gasteiger partial charge is 0.368 e. The van der Waals surface area contributed by atoms with Gasteiger partial charge in [0.15, 0.2) is 5.82 Å². The normalized spacial score (nSPS) is 20.4. The summed E-state index contributed by atoms with van der Waals surface area (Å²) in [7, 11) is -3.90. The van der Waals surface area contributed by atoms with Crippen molar-refractivity contribution in [1.29, 1.82) is 0 Å². The fourth-order valence-electron chi connectivity index (χ4n) is 7.81. The second-order valence-corrected chi connectivity index (χ2v) is 15.6. The predicted molar refractivity (Wildman–Crippen MR) is 189 cm³/mol. The van der Waals surface area contributed by atoms with Crippen LogP contribution in [0, 0.1) is 6.92 Å². The number of carbonyl (C=O) groups excluding carboxylic acids is 1. The van der Waals surface area contributed by atoms with E-state index in [9.17, 15) is 13.2 Å². The van der Waals surface area contributed by atoms with Gasteiger partial charge >= 0.3 is 0 Å². The third kappa shape index (κ3) is 5.52. The summed E-state index contributed by atoms with van der Waals surface area (Å²) < 4.78 is 27.3.